The number of hydrogen-bond acceptors (Lipinski definition) is 5. The Bertz CT molecular complexity index is 1320. The lowest BCUT2D eigenvalue weighted by molar-refractivity contribution is 0.273. The number of pyridine rings is 2. The van der Waals surface area contributed by atoms with Gasteiger partial charge in [-0.05, 0) is 57.1 Å². The lowest BCUT2D eigenvalue weighted by Gasteiger charge is -2.26. The van der Waals surface area contributed by atoms with E-state index in [4.69, 9.17) is 9.72 Å². The maximum atomic E-state index is 12.5. The van der Waals surface area contributed by atoms with Gasteiger partial charge in [0, 0.05) is 42.7 Å². The number of hydrogen-bond donors (Lipinski definition) is 1. The lowest BCUT2D eigenvalue weighted by Crippen LogP contribution is -2.16. The van der Waals surface area contributed by atoms with Gasteiger partial charge in [-0.3, -0.25) is 9.55 Å². The molecule has 5 rings (SSSR count). The molecule has 1 aliphatic carbocycles. The van der Waals surface area contributed by atoms with Crippen LogP contribution in [0.3, 0.4) is 0 Å². The molecule has 1 saturated carbocycles. The van der Waals surface area contributed by atoms with Crippen LogP contribution in [0.4, 0.5) is 0 Å². The van der Waals surface area contributed by atoms with Crippen LogP contribution < -0.4 is 10.4 Å². The third-order valence-electron chi connectivity index (χ3n) is 6.42. The highest BCUT2D eigenvalue weighted by Crippen LogP contribution is 2.40. The summed E-state index contributed by atoms with van der Waals surface area (Å²) in [5, 5.41) is 0.960. The minimum atomic E-state index is -0.0993. The molecule has 1 aliphatic rings. The highest BCUT2D eigenvalue weighted by molar-refractivity contribution is 6.04. The van der Waals surface area contributed by atoms with Gasteiger partial charge in [0.05, 0.1) is 28.9 Å². The van der Waals surface area contributed by atoms with Crippen molar-refractivity contribution in [2.75, 3.05) is 27.2 Å². The number of aryl methyl sites for hydroxylation is 1. The first kappa shape index (κ1) is 20.7. The Morgan fingerprint density at radius 3 is 2.69 bits per heavy atom. The van der Waals surface area contributed by atoms with E-state index in [9.17, 15) is 4.79 Å². The van der Waals surface area contributed by atoms with E-state index in [1.54, 1.807) is 4.57 Å². The van der Waals surface area contributed by atoms with E-state index in [-0.39, 0.29) is 5.69 Å². The van der Waals surface area contributed by atoms with Crippen LogP contribution in [0, 0.1) is 0 Å². The SMILES string of the molecule is CN(C)CCCOc1ccc(-c2ccc3nc(C4CCC4)c4c([nH]c(=O)n4C)c3c2)cn1. The normalized spacial score (nSPS) is 14.4. The Hall–Kier alpha value is -3.19. The third-order valence-corrected chi connectivity index (χ3v) is 6.42. The number of aromatic nitrogens is 4. The standard InChI is InChI=1S/C25H29N5O2/c1-29(2)12-5-13-32-21-11-9-18(15-26-21)17-8-10-20-19(14-17)23-24(30(3)25(31)28-23)22(27-20)16-6-4-7-16/h8-11,14-16H,4-7,12-13H2,1-3H3,(H,28,31). The van der Waals surface area contributed by atoms with E-state index in [1.165, 1.54) is 6.42 Å². The van der Waals surface area contributed by atoms with E-state index in [1.807, 2.05) is 31.4 Å². The van der Waals surface area contributed by atoms with Crippen LogP contribution in [-0.2, 0) is 7.05 Å². The van der Waals surface area contributed by atoms with Gasteiger partial charge in [0.15, 0.2) is 0 Å². The average molecular weight is 432 g/mol. The Balaban J connectivity index is 1.47. The van der Waals surface area contributed by atoms with Gasteiger partial charge in [0.2, 0.25) is 5.88 Å². The van der Waals surface area contributed by atoms with Crippen LogP contribution in [0.2, 0.25) is 0 Å². The minimum Gasteiger partial charge on any atom is -0.478 e. The maximum Gasteiger partial charge on any atom is 0.326 e. The van der Waals surface area contributed by atoms with Gasteiger partial charge < -0.3 is 14.6 Å². The van der Waals surface area contributed by atoms with Crippen LogP contribution in [0.1, 0.15) is 37.3 Å². The predicted molar refractivity (Wildman–Crippen MR) is 127 cm³/mol. The van der Waals surface area contributed by atoms with Crippen molar-refractivity contribution in [2.45, 2.75) is 31.6 Å². The topological polar surface area (TPSA) is 76.0 Å². The quantitative estimate of drug-likeness (QED) is 0.446. The second-order valence-electron chi connectivity index (χ2n) is 8.96. The zero-order valence-corrected chi connectivity index (χ0v) is 18.9. The Morgan fingerprint density at radius 2 is 2.00 bits per heavy atom. The number of imidazole rings is 1. The molecule has 1 fully saturated rings. The summed E-state index contributed by atoms with van der Waals surface area (Å²) in [6, 6.07) is 10.1. The Morgan fingerprint density at radius 1 is 1.19 bits per heavy atom. The van der Waals surface area contributed by atoms with Crippen LogP contribution in [-0.4, -0.2) is 51.7 Å². The maximum absolute atomic E-state index is 12.5. The molecule has 0 amide bonds. The summed E-state index contributed by atoms with van der Waals surface area (Å²) in [7, 11) is 5.93. The van der Waals surface area contributed by atoms with E-state index in [2.05, 4.69) is 41.1 Å². The minimum absolute atomic E-state index is 0.0993. The second kappa shape index (κ2) is 8.39. The molecule has 7 nitrogen and oxygen atoms in total. The molecule has 0 unspecified atom stereocenters. The van der Waals surface area contributed by atoms with Crippen molar-refractivity contribution in [3.8, 4) is 17.0 Å². The summed E-state index contributed by atoms with van der Waals surface area (Å²) in [5.41, 5.74) is 5.71. The van der Waals surface area contributed by atoms with Crippen molar-refractivity contribution in [3.63, 3.8) is 0 Å². The van der Waals surface area contributed by atoms with Crippen LogP contribution in [0.5, 0.6) is 5.88 Å². The smallest absolute Gasteiger partial charge is 0.326 e. The number of aromatic amines is 1. The molecule has 3 aromatic heterocycles. The van der Waals surface area contributed by atoms with E-state index in [0.717, 1.165) is 64.6 Å². The second-order valence-corrected chi connectivity index (χ2v) is 8.96. The Kier molecular flexibility index (Phi) is 5.43. The lowest BCUT2D eigenvalue weighted by atomic mass is 9.82. The van der Waals surface area contributed by atoms with Gasteiger partial charge in [-0.15, -0.1) is 0 Å². The molecule has 0 bridgehead atoms. The number of rotatable bonds is 7. The predicted octanol–water partition coefficient (Wildman–Crippen LogP) is 4.07. The molecular weight excluding hydrogens is 402 g/mol. The average Bonchev–Trinajstić information content (AvgIpc) is 3.05. The van der Waals surface area contributed by atoms with E-state index in [0.29, 0.717) is 18.4 Å². The molecule has 3 heterocycles. The van der Waals surface area contributed by atoms with Gasteiger partial charge in [-0.1, -0.05) is 12.5 Å². The summed E-state index contributed by atoms with van der Waals surface area (Å²) < 4.78 is 7.45. The molecule has 0 saturated heterocycles. The summed E-state index contributed by atoms with van der Waals surface area (Å²) >= 11 is 0. The first-order chi connectivity index (χ1) is 15.5. The number of nitrogens with zero attached hydrogens (tertiary/aromatic N) is 4. The van der Waals surface area contributed by atoms with Crippen LogP contribution in [0.25, 0.3) is 33.1 Å². The van der Waals surface area contributed by atoms with Crippen molar-refractivity contribution >= 4 is 21.9 Å². The fraction of sp³-hybridized carbons (Fsp3) is 0.400. The van der Waals surface area contributed by atoms with E-state index < -0.39 is 0 Å². The molecule has 7 heteroatoms. The summed E-state index contributed by atoms with van der Waals surface area (Å²) in [6.45, 7) is 1.64. The first-order valence-electron chi connectivity index (χ1n) is 11.3. The molecule has 4 aromatic rings. The van der Waals surface area contributed by atoms with Crippen LogP contribution in [0.15, 0.2) is 41.3 Å². The number of H-pyrrole nitrogens is 1. The number of nitrogens with one attached hydrogen (secondary N) is 1. The molecule has 1 N–H and O–H groups in total. The van der Waals surface area contributed by atoms with Crippen molar-refractivity contribution < 1.29 is 4.74 Å². The molecule has 0 spiro atoms. The highest BCUT2D eigenvalue weighted by Gasteiger charge is 2.26. The van der Waals surface area contributed by atoms with Crippen molar-refractivity contribution in [1.82, 2.24) is 24.4 Å². The summed E-state index contributed by atoms with van der Waals surface area (Å²) in [6.07, 6.45) is 6.30. The molecule has 0 radical (unpaired) electrons. The molecule has 32 heavy (non-hydrogen) atoms. The molecule has 1 aromatic carbocycles. The van der Waals surface area contributed by atoms with E-state index >= 15 is 0 Å². The monoisotopic (exact) mass is 431 g/mol. The van der Waals surface area contributed by atoms with Gasteiger partial charge in [0.25, 0.3) is 0 Å². The molecule has 166 valence electrons. The summed E-state index contributed by atoms with van der Waals surface area (Å²) in [4.78, 5) is 27.1. The zero-order chi connectivity index (χ0) is 22.2. The van der Waals surface area contributed by atoms with Crippen molar-refractivity contribution in [1.29, 1.82) is 0 Å². The zero-order valence-electron chi connectivity index (χ0n) is 18.9. The third kappa shape index (κ3) is 3.77. The number of benzene rings is 1. The highest BCUT2D eigenvalue weighted by atomic mass is 16.5. The first-order valence-corrected chi connectivity index (χ1v) is 11.3. The molecular formula is C25H29N5O2. The van der Waals surface area contributed by atoms with Crippen molar-refractivity contribution in [3.05, 3.63) is 52.7 Å². The fourth-order valence-electron chi connectivity index (χ4n) is 4.37. The summed E-state index contributed by atoms with van der Waals surface area (Å²) in [5.74, 6) is 1.08. The van der Waals surface area contributed by atoms with Gasteiger partial charge in [-0.25, -0.2) is 9.78 Å². The van der Waals surface area contributed by atoms with Gasteiger partial charge >= 0.3 is 5.69 Å². The van der Waals surface area contributed by atoms with Gasteiger partial charge in [0.1, 0.15) is 0 Å². The fourth-order valence-corrected chi connectivity index (χ4v) is 4.37. The molecule has 0 atom stereocenters. The number of fused-ring (bicyclic) bond motifs is 3. The van der Waals surface area contributed by atoms with Crippen LogP contribution >= 0.6 is 0 Å². The van der Waals surface area contributed by atoms with Crippen molar-refractivity contribution in [2.24, 2.45) is 7.05 Å². The Labute approximate surface area is 187 Å². The largest absolute Gasteiger partial charge is 0.478 e. The number of ether oxygens (including phenoxy) is 1. The molecule has 0 aliphatic heterocycles. The van der Waals surface area contributed by atoms with Gasteiger partial charge in [-0.2, -0.15) is 0 Å².